The van der Waals surface area contributed by atoms with Gasteiger partial charge in [0.25, 0.3) is 11.6 Å². The standard InChI is InChI=1S/C20H20N4O3S/c1-5-8-23-13(3)9-16(14(23)4)17-11-28-20(21-17)22-19(25)15-7-6-12(2)18(10-15)24(26)27/h5-7,9-11H,1,8H2,2-4H3,(H,21,22,25). The fraction of sp³-hybridized carbons (Fsp3) is 0.200. The van der Waals surface area contributed by atoms with Gasteiger partial charge < -0.3 is 4.57 Å². The Kier molecular flexibility index (Phi) is 5.41. The first-order valence-corrected chi connectivity index (χ1v) is 9.49. The van der Waals surface area contributed by atoms with Crippen LogP contribution in [0.3, 0.4) is 0 Å². The van der Waals surface area contributed by atoms with Crippen molar-refractivity contribution in [2.45, 2.75) is 27.3 Å². The van der Waals surface area contributed by atoms with Gasteiger partial charge in [0.1, 0.15) is 0 Å². The van der Waals surface area contributed by atoms with Gasteiger partial charge in [0.05, 0.1) is 10.6 Å². The summed E-state index contributed by atoms with van der Waals surface area (Å²) in [6.07, 6.45) is 1.84. The lowest BCUT2D eigenvalue weighted by molar-refractivity contribution is -0.385. The number of thiazole rings is 1. The monoisotopic (exact) mass is 396 g/mol. The number of nitro benzene ring substituents is 1. The van der Waals surface area contributed by atoms with E-state index in [1.54, 1.807) is 19.1 Å². The summed E-state index contributed by atoms with van der Waals surface area (Å²) in [6, 6.07) is 6.47. The number of hydrogen-bond donors (Lipinski definition) is 1. The lowest BCUT2D eigenvalue weighted by Crippen LogP contribution is -2.12. The number of nitrogens with one attached hydrogen (secondary N) is 1. The molecule has 0 atom stereocenters. The Bertz CT molecular complexity index is 1080. The third-order valence-corrected chi connectivity index (χ3v) is 5.31. The largest absolute Gasteiger partial charge is 0.345 e. The van der Waals surface area contributed by atoms with E-state index in [-0.39, 0.29) is 11.3 Å². The summed E-state index contributed by atoms with van der Waals surface area (Å²) in [7, 11) is 0. The van der Waals surface area contributed by atoms with Crippen molar-refractivity contribution in [1.29, 1.82) is 0 Å². The van der Waals surface area contributed by atoms with E-state index in [2.05, 4.69) is 27.5 Å². The van der Waals surface area contributed by atoms with Gasteiger partial charge in [-0.25, -0.2) is 4.98 Å². The molecule has 144 valence electrons. The predicted molar refractivity (Wildman–Crippen MR) is 111 cm³/mol. The number of amides is 1. The van der Waals surface area contributed by atoms with E-state index in [4.69, 9.17) is 0 Å². The summed E-state index contributed by atoms with van der Waals surface area (Å²) in [6.45, 7) is 10.2. The highest BCUT2D eigenvalue weighted by Gasteiger charge is 2.17. The SMILES string of the molecule is C=CCn1c(C)cc(-c2csc(NC(=O)c3ccc(C)c([N+](=O)[O-])c3)n2)c1C. The second-order valence-electron chi connectivity index (χ2n) is 6.43. The van der Waals surface area contributed by atoms with Gasteiger partial charge in [0, 0.05) is 46.1 Å². The number of nitrogens with zero attached hydrogens (tertiary/aromatic N) is 3. The second kappa shape index (κ2) is 7.77. The van der Waals surface area contributed by atoms with Crippen molar-refractivity contribution in [2.75, 3.05) is 5.32 Å². The molecule has 2 aromatic heterocycles. The third kappa shape index (κ3) is 3.72. The minimum absolute atomic E-state index is 0.0814. The predicted octanol–water partition coefficient (Wildman–Crippen LogP) is 4.88. The van der Waals surface area contributed by atoms with Crippen LogP contribution in [0, 0.1) is 30.9 Å². The fourth-order valence-corrected chi connectivity index (χ4v) is 3.75. The van der Waals surface area contributed by atoms with Crippen LogP contribution in [-0.4, -0.2) is 20.4 Å². The first-order valence-electron chi connectivity index (χ1n) is 8.61. The molecular formula is C20H20N4O3S. The number of carbonyl (C=O) groups is 1. The first kappa shape index (κ1) is 19.5. The lowest BCUT2D eigenvalue weighted by atomic mass is 10.1. The first-order chi connectivity index (χ1) is 13.3. The molecule has 3 rings (SSSR count). The maximum absolute atomic E-state index is 12.5. The molecule has 0 unspecified atom stereocenters. The van der Waals surface area contributed by atoms with Crippen LogP contribution in [0.15, 0.2) is 42.3 Å². The molecule has 3 aromatic rings. The van der Waals surface area contributed by atoms with Gasteiger partial charge in [-0.1, -0.05) is 12.1 Å². The molecule has 0 aliphatic carbocycles. The number of allylic oxidation sites excluding steroid dienone is 1. The molecule has 1 aromatic carbocycles. The van der Waals surface area contributed by atoms with Crippen molar-refractivity contribution in [1.82, 2.24) is 9.55 Å². The molecule has 0 bridgehead atoms. The molecule has 0 fully saturated rings. The molecule has 8 heteroatoms. The minimum atomic E-state index is -0.493. The van der Waals surface area contributed by atoms with Gasteiger partial charge in [-0.3, -0.25) is 20.2 Å². The molecular weight excluding hydrogens is 376 g/mol. The minimum Gasteiger partial charge on any atom is -0.345 e. The van der Waals surface area contributed by atoms with Crippen LogP contribution in [-0.2, 0) is 6.54 Å². The molecule has 1 N–H and O–H groups in total. The van der Waals surface area contributed by atoms with Crippen molar-refractivity contribution in [2.24, 2.45) is 0 Å². The highest BCUT2D eigenvalue weighted by Crippen LogP contribution is 2.30. The van der Waals surface area contributed by atoms with Crippen molar-refractivity contribution in [3.63, 3.8) is 0 Å². The zero-order valence-corrected chi connectivity index (χ0v) is 16.7. The highest BCUT2D eigenvalue weighted by atomic mass is 32.1. The van der Waals surface area contributed by atoms with Gasteiger partial charge in [-0.05, 0) is 32.9 Å². The van der Waals surface area contributed by atoms with Crippen LogP contribution in [0.25, 0.3) is 11.3 Å². The van der Waals surface area contributed by atoms with Crippen molar-refractivity contribution >= 4 is 28.1 Å². The van der Waals surface area contributed by atoms with Crippen LogP contribution >= 0.6 is 11.3 Å². The molecule has 0 radical (unpaired) electrons. The molecule has 0 saturated heterocycles. The molecule has 28 heavy (non-hydrogen) atoms. The van der Waals surface area contributed by atoms with Gasteiger partial charge in [-0.2, -0.15) is 0 Å². The second-order valence-corrected chi connectivity index (χ2v) is 7.29. The Hall–Kier alpha value is -3.26. The molecule has 0 saturated carbocycles. The molecule has 7 nitrogen and oxygen atoms in total. The Morgan fingerprint density at radius 3 is 2.79 bits per heavy atom. The average Bonchev–Trinajstić information content (AvgIpc) is 3.21. The van der Waals surface area contributed by atoms with Crippen LogP contribution in [0.2, 0.25) is 0 Å². The van der Waals surface area contributed by atoms with Crippen molar-refractivity contribution < 1.29 is 9.72 Å². The molecule has 2 heterocycles. The van der Waals surface area contributed by atoms with E-state index in [0.29, 0.717) is 10.7 Å². The number of carbonyl (C=O) groups excluding carboxylic acids is 1. The van der Waals surface area contributed by atoms with Crippen LogP contribution in [0.5, 0.6) is 0 Å². The van der Waals surface area contributed by atoms with Crippen molar-refractivity contribution in [3.8, 4) is 11.3 Å². The summed E-state index contributed by atoms with van der Waals surface area (Å²) in [5.41, 5.74) is 4.61. The van der Waals surface area contributed by atoms with E-state index in [9.17, 15) is 14.9 Å². The maximum atomic E-state index is 12.5. The summed E-state index contributed by atoms with van der Waals surface area (Å²) >= 11 is 1.31. The van der Waals surface area contributed by atoms with Gasteiger partial charge in [0.15, 0.2) is 5.13 Å². The van der Waals surface area contributed by atoms with E-state index in [1.165, 1.54) is 17.4 Å². The Labute approximate surface area is 166 Å². The Morgan fingerprint density at radius 2 is 2.11 bits per heavy atom. The van der Waals surface area contributed by atoms with E-state index >= 15 is 0 Å². The number of anilines is 1. The highest BCUT2D eigenvalue weighted by molar-refractivity contribution is 7.14. The fourth-order valence-electron chi connectivity index (χ4n) is 3.04. The lowest BCUT2D eigenvalue weighted by Gasteiger charge is -2.05. The summed E-state index contributed by atoms with van der Waals surface area (Å²) in [5.74, 6) is -0.430. The van der Waals surface area contributed by atoms with Crippen molar-refractivity contribution in [3.05, 3.63) is 74.9 Å². The van der Waals surface area contributed by atoms with Gasteiger partial charge in [0.2, 0.25) is 0 Å². The number of nitro groups is 1. The topological polar surface area (TPSA) is 90.1 Å². The molecule has 0 aliphatic rings. The number of hydrogen-bond acceptors (Lipinski definition) is 5. The third-order valence-electron chi connectivity index (χ3n) is 4.55. The molecule has 0 spiro atoms. The number of aryl methyl sites for hydroxylation is 2. The smallest absolute Gasteiger partial charge is 0.273 e. The van der Waals surface area contributed by atoms with E-state index in [0.717, 1.165) is 29.2 Å². The average molecular weight is 396 g/mol. The number of benzene rings is 1. The summed E-state index contributed by atoms with van der Waals surface area (Å²) in [5, 5.41) is 16.1. The van der Waals surface area contributed by atoms with E-state index < -0.39 is 10.8 Å². The summed E-state index contributed by atoms with van der Waals surface area (Å²) < 4.78 is 2.14. The maximum Gasteiger partial charge on any atom is 0.273 e. The number of rotatable bonds is 6. The Morgan fingerprint density at radius 1 is 1.36 bits per heavy atom. The zero-order chi connectivity index (χ0) is 20.4. The zero-order valence-electron chi connectivity index (χ0n) is 15.9. The van der Waals surface area contributed by atoms with Gasteiger partial charge in [-0.15, -0.1) is 17.9 Å². The van der Waals surface area contributed by atoms with Gasteiger partial charge >= 0.3 is 0 Å². The molecule has 1 amide bonds. The normalized spacial score (nSPS) is 10.7. The molecule has 0 aliphatic heterocycles. The van der Waals surface area contributed by atoms with Crippen LogP contribution in [0.1, 0.15) is 27.3 Å². The number of aromatic nitrogens is 2. The van der Waals surface area contributed by atoms with Crippen LogP contribution in [0.4, 0.5) is 10.8 Å². The quantitative estimate of drug-likeness (QED) is 0.365. The van der Waals surface area contributed by atoms with Crippen LogP contribution < -0.4 is 5.32 Å². The summed E-state index contributed by atoms with van der Waals surface area (Å²) in [4.78, 5) is 27.6. The Balaban J connectivity index is 1.83. The van der Waals surface area contributed by atoms with E-state index in [1.807, 2.05) is 25.3 Å².